The Morgan fingerprint density at radius 3 is 2.03 bits per heavy atom. The highest BCUT2D eigenvalue weighted by Crippen LogP contribution is 2.34. The minimum Gasteiger partial charge on any atom is -0.454 e. The second-order valence-electron chi connectivity index (χ2n) is 10.1. The largest absolute Gasteiger partial charge is 0.454 e. The highest BCUT2D eigenvalue weighted by Gasteiger charge is 2.26. The number of aromatic nitrogens is 2. The summed E-state index contributed by atoms with van der Waals surface area (Å²) in [6.45, 7) is 4.51. The van der Waals surface area contributed by atoms with Crippen molar-refractivity contribution in [2.24, 2.45) is 0 Å². The van der Waals surface area contributed by atoms with E-state index in [1.54, 1.807) is 6.26 Å². The minimum absolute atomic E-state index is 0.445. The predicted octanol–water partition coefficient (Wildman–Crippen LogP) is 9.21. The van der Waals surface area contributed by atoms with Crippen LogP contribution in [0.3, 0.4) is 0 Å². The Kier molecular flexibility index (Phi) is 10.6. The molecule has 0 radical (unpaired) electrons. The molecular formula is C33H42N2O2. The molecule has 37 heavy (non-hydrogen) atoms. The molecule has 2 heterocycles. The van der Waals surface area contributed by atoms with Crippen LogP contribution in [0.4, 0.5) is 0 Å². The number of benzene rings is 2. The van der Waals surface area contributed by atoms with E-state index in [1.807, 2.05) is 18.5 Å². The second-order valence-corrected chi connectivity index (χ2v) is 10.1. The van der Waals surface area contributed by atoms with E-state index >= 15 is 0 Å². The lowest BCUT2D eigenvalue weighted by atomic mass is 10.0. The fourth-order valence-corrected chi connectivity index (χ4v) is 4.85. The quantitative estimate of drug-likeness (QED) is 0.196. The van der Waals surface area contributed by atoms with Gasteiger partial charge < -0.3 is 9.47 Å². The van der Waals surface area contributed by atoms with Crippen LogP contribution in [0.1, 0.15) is 107 Å². The average molecular weight is 499 g/mol. The first kappa shape index (κ1) is 26.9. The Hall–Kier alpha value is -3.14. The van der Waals surface area contributed by atoms with Crippen LogP contribution < -0.4 is 0 Å². The van der Waals surface area contributed by atoms with Gasteiger partial charge in [-0.3, -0.25) is 0 Å². The lowest BCUT2D eigenvalue weighted by molar-refractivity contribution is -0.0181. The zero-order chi connectivity index (χ0) is 25.7. The van der Waals surface area contributed by atoms with Gasteiger partial charge in [0.15, 0.2) is 5.82 Å². The molecule has 4 heteroatoms. The smallest absolute Gasteiger partial charge is 0.267 e. The molecule has 1 atom stereocenters. The van der Waals surface area contributed by atoms with Crippen LogP contribution in [-0.2, 0) is 22.3 Å². The Bertz CT molecular complexity index is 1110. The number of rotatable bonds is 15. The molecule has 0 amide bonds. The third-order valence-corrected chi connectivity index (χ3v) is 7.12. The topological polar surface area (TPSA) is 44.2 Å². The van der Waals surface area contributed by atoms with Crippen molar-refractivity contribution in [1.29, 1.82) is 0 Å². The summed E-state index contributed by atoms with van der Waals surface area (Å²) in [6.07, 6.45) is 20.0. The van der Waals surface area contributed by atoms with Crippen LogP contribution in [0.2, 0.25) is 0 Å². The van der Waals surface area contributed by atoms with E-state index in [0.717, 1.165) is 29.5 Å². The zero-order valence-electron chi connectivity index (χ0n) is 22.6. The van der Waals surface area contributed by atoms with Gasteiger partial charge in [-0.2, -0.15) is 0 Å². The molecule has 1 aliphatic rings. The van der Waals surface area contributed by atoms with Crippen molar-refractivity contribution < 1.29 is 9.47 Å². The third kappa shape index (κ3) is 7.92. The Balaban J connectivity index is 1.31. The number of nitrogens with zero attached hydrogens (tertiary/aromatic N) is 2. The molecule has 0 saturated heterocycles. The van der Waals surface area contributed by atoms with E-state index in [9.17, 15) is 0 Å². The minimum atomic E-state index is -0.445. The van der Waals surface area contributed by atoms with Crippen molar-refractivity contribution in [2.75, 3.05) is 0 Å². The van der Waals surface area contributed by atoms with Crippen LogP contribution in [0.25, 0.3) is 16.9 Å². The van der Waals surface area contributed by atoms with E-state index < -0.39 is 6.29 Å². The fourth-order valence-electron chi connectivity index (χ4n) is 4.85. The standard InChI is InChI=1S/C33H42N2O2/c1-3-5-7-9-11-15-26-19-21-27(22-20-26)29-23-34-32(35-24-29)31-25-36-33(37-31)30-18-14-13-17-28(30)16-12-10-8-6-4-2/h13-14,17-25,33H,3-12,15-16H2,1-2H3. The normalized spacial score (nSPS) is 14.8. The molecule has 1 aromatic heterocycles. The summed E-state index contributed by atoms with van der Waals surface area (Å²) >= 11 is 0. The number of unbranched alkanes of at least 4 members (excludes halogenated alkanes) is 8. The van der Waals surface area contributed by atoms with E-state index in [-0.39, 0.29) is 0 Å². The molecule has 0 spiro atoms. The molecule has 2 aromatic carbocycles. The fraction of sp³-hybridized carbons (Fsp3) is 0.455. The third-order valence-electron chi connectivity index (χ3n) is 7.12. The molecule has 0 fully saturated rings. The predicted molar refractivity (Wildman–Crippen MR) is 152 cm³/mol. The van der Waals surface area contributed by atoms with Gasteiger partial charge in [0.2, 0.25) is 5.76 Å². The lowest BCUT2D eigenvalue weighted by Crippen LogP contribution is -2.04. The van der Waals surface area contributed by atoms with Gasteiger partial charge in [-0.1, -0.05) is 114 Å². The summed E-state index contributed by atoms with van der Waals surface area (Å²) in [5.74, 6) is 1.12. The van der Waals surface area contributed by atoms with Gasteiger partial charge in [-0.15, -0.1) is 0 Å². The summed E-state index contributed by atoms with van der Waals surface area (Å²) in [4.78, 5) is 9.16. The molecule has 196 valence electrons. The van der Waals surface area contributed by atoms with Crippen molar-refractivity contribution in [3.8, 4) is 11.1 Å². The Morgan fingerprint density at radius 1 is 0.676 bits per heavy atom. The van der Waals surface area contributed by atoms with Crippen LogP contribution in [0, 0.1) is 0 Å². The van der Waals surface area contributed by atoms with Gasteiger partial charge in [0.1, 0.15) is 6.26 Å². The summed E-state index contributed by atoms with van der Waals surface area (Å²) < 4.78 is 12.1. The molecular weight excluding hydrogens is 456 g/mol. The van der Waals surface area contributed by atoms with Crippen molar-refractivity contribution in [3.63, 3.8) is 0 Å². The highest BCUT2D eigenvalue weighted by atomic mass is 16.7. The average Bonchev–Trinajstić information content (AvgIpc) is 3.44. The maximum Gasteiger partial charge on any atom is 0.267 e. The molecule has 0 saturated carbocycles. The van der Waals surface area contributed by atoms with Crippen molar-refractivity contribution in [3.05, 3.63) is 89.7 Å². The lowest BCUT2D eigenvalue weighted by Gasteiger charge is -2.16. The van der Waals surface area contributed by atoms with Gasteiger partial charge in [-0.05, 0) is 42.4 Å². The number of hydrogen-bond donors (Lipinski definition) is 0. The van der Waals surface area contributed by atoms with Crippen molar-refractivity contribution in [1.82, 2.24) is 9.97 Å². The Morgan fingerprint density at radius 2 is 1.32 bits per heavy atom. The summed E-state index contributed by atoms with van der Waals surface area (Å²) in [5.41, 5.74) is 5.91. The molecule has 1 aliphatic heterocycles. The van der Waals surface area contributed by atoms with Crippen LogP contribution in [0.5, 0.6) is 0 Å². The monoisotopic (exact) mass is 498 g/mol. The highest BCUT2D eigenvalue weighted by molar-refractivity contribution is 5.63. The molecule has 0 N–H and O–H groups in total. The molecule has 0 aliphatic carbocycles. The molecule has 1 unspecified atom stereocenters. The first-order valence-electron chi connectivity index (χ1n) is 14.3. The van der Waals surface area contributed by atoms with Gasteiger partial charge in [0.05, 0.1) is 0 Å². The second kappa shape index (κ2) is 14.6. The van der Waals surface area contributed by atoms with Crippen LogP contribution in [-0.4, -0.2) is 9.97 Å². The first-order valence-corrected chi connectivity index (χ1v) is 14.3. The number of ether oxygens (including phenoxy) is 2. The van der Waals surface area contributed by atoms with Crippen LogP contribution >= 0.6 is 0 Å². The van der Waals surface area contributed by atoms with E-state index in [0.29, 0.717) is 11.6 Å². The maximum atomic E-state index is 6.16. The Labute approximate surface area is 223 Å². The molecule has 0 bridgehead atoms. The van der Waals surface area contributed by atoms with Gasteiger partial charge in [0, 0.05) is 23.5 Å². The van der Waals surface area contributed by atoms with Crippen LogP contribution in [0.15, 0.2) is 67.2 Å². The number of aryl methyl sites for hydroxylation is 2. The zero-order valence-corrected chi connectivity index (χ0v) is 22.6. The van der Waals surface area contributed by atoms with E-state index in [2.05, 4.69) is 66.3 Å². The first-order chi connectivity index (χ1) is 18.3. The summed E-state index contributed by atoms with van der Waals surface area (Å²) in [6, 6.07) is 17.2. The van der Waals surface area contributed by atoms with E-state index in [4.69, 9.17) is 9.47 Å². The summed E-state index contributed by atoms with van der Waals surface area (Å²) in [5, 5.41) is 0. The molecule has 4 rings (SSSR count). The SMILES string of the molecule is CCCCCCCc1ccc(-c2cnc(C3=COC(c4ccccc4CCCCCCC)O3)nc2)cc1. The van der Waals surface area contributed by atoms with Gasteiger partial charge in [-0.25, -0.2) is 9.97 Å². The van der Waals surface area contributed by atoms with E-state index in [1.165, 1.54) is 75.3 Å². The molecule has 3 aromatic rings. The van der Waals surface area contributed by atoms with Gasteiger partial charge in [0.25, 0.3) is 6.29 Å². The van der Waals surface area contributed by atoms with Crippen molar-refractivity contribution >= 4 is 5.76 Å². The number of hydrogen-bond acceptors (Lipinski definition) is 4. The molecule has 4 nitrogen and oxygen atoms in total. The summed E-state index contributed by atoms with van der Waals surface area (Å²) in [7, 11) is 0. The van der Waals surface area contributed by atoms with Gasteiger partial charge >= 0.3 is 0 Å². The maximum absolute atomic E-state index is 6.16. The van der Waals surface area contributed by atoms with Crippen molar-refractivity contribution in [2.45, 2.75) is 97.2 Å².